The predicted molar refractivity (Wildman–Crippen MR) is 72.4 cm³/mol. The van der Waals surface area contributed by atoms with E-state index in [4.69, 9.17) is 0 Å². The zero-order valence-electron chi connectivity index (χ0n) is 11.4. The summed E-state index contributed by atoms with van der Waals surface area (Å²) in [6, 6.07) is 5.87. The van der Waals surface area contributed by atoms with Crippen LogP contribution in [0.15, 0.2) is 36.0 Å². The summed E-state index contributed by atoms with van der Waals surface area (Å²) < 4.78 is 17.5. The van der Waals surface area contributed by atoms with Crippen LogP contribution in [0.4, 0.5) is 10.1 Å². The lowest BCUT2D eigenvalue weighted by atomic mass is 9.82. The molecule has 20 heavy (non-hydrogen) atoms. The Hall–Kier alpha value is -2.17. The number of hydrogen-bond donors (Lipinski definition) is 1. The van der Waals surface area contributed by atoms with E-state index >= 15 is 0 Å². The van der Waals surface area contributed by atoms with Gasteiger partial charge < -0.3 is 10.1 Å². The lowest BCUT2D eigenvalue weighted by Gasteiger charge is -2.26. The van der Waals surface area contributed by atoms with Crippen LogP contribution in [0, 0.1) is 17.7 Å². The van der Waals surface area contributed by atoms with Crippen LogP contribution in [0.25, 0.3) is 0 Å². The Morgan fingerprint density at radius 1 is 1.35 bits per heavy atom. The fraction of sp³-hybridized carbons (Fsp3) is 0.333. The summed E-state index contributed by atoms with van der Waals surface area (Å²) in [6.45, 7) is 1.83. The second kappa shape index (κ2) is 5.86. The second-order valence-corrected chi connectivity index (χ2v) is 4.89. The maximum atomic E-state index is 12.8. The summed E-state index contributed by atoms with van der Waals surface area (Å²) in [6.07, 6.45) is 1.98. The summed E-state index contributed by atoms with van der Waals surface area (Å²) in [5, 5.41) is 3.07. The lowest BCUT2D eigenvalue weighted by molar-refractivity contribution is -0.150. The third-order valence-electron chi connectivity index (χ3n) is 3.34. The van der Waals surface area contributed by atoms with Gasteiger partial charge >= 0.3 is 5.97 Å². The van der Waals surface area contributed by atoms with E-state index in [1.165, 1.54) is 25.3 Å². The highest BCUT2D eigenvalue weighted by molar-refractivity contribution is 6.06. The van der Waals surface area contributed by atoms with Gasteiger partial charge in [-0.1, -0.05) is 6.92 Å². The first-order valence-electron chi connectivity index (χ1n) is 6.36. The van der Waals surface area contributed by atoms with Crippen LogP contribution in [0.3, 0.4) is 0 Å². The Morgan fingerprint density at radius 2 is 2.00 bits per heavy atom. The molecule has 4 nitrogen and oxygen atoms in total. The maximum Gasteiger partial charge on any atom is 0.316 e. The van der Waals surface area contributed by atoms with E-state index in [0.717, 1.165) is 0 Å². The van der Waals surface area contributed by atoms with Crippen LogP contribution in [0.2, 0.25) is 0 Å². The zero-order chi connectivity index (χ0) is 14.7. The van der Waals surface area contributed by atoms with Crippen LogP contribution in [-0.2, 0) is 14.3 Å². The van der Waals surface area contributed by atoms with Crippen molar-refractivity contribution in [2.75, 3.05) is 12.4 Å². The van der Waals surface area contributed by atoms with Gasteiger partial charge in [-0.05, 0) is 36.6 Å². The van der Waals surface area contributed by atoms with E-state index in [0.29, 0.717) is 17.8 Å². The number of anilines is 1. The van der Waals surface area contributed by atoms with Crippen molar-refractivity contribution >= 4 is 17.4 Å². The van der Waals surface area contributed by atoms with Crippen LogP contribution < -0.4 is 5.32 Å². The van der Waals surface area contributed by atoms with E-state index in [1.54, 1.807) is 12.1 Å². The van der Waals surface area contributed by atoms with Crippen LogP contribution in [0.1, 0.15) is 13.3 Å². The molecule has 1 aromatic carbocycles. The molecule has 0 radical (unpaired) electrons. The van der Waals surface area contributed by atoms with Crippen molar-refractivity contribution in [3.8, 4) is 0 Å². The van der Waals surface area contributed by atoms with Gasteiger partial charge in [-0.15, -0.1) is 0 Å². The molecule has 0 aliphatic heterocycles. The van der Waals surface area contributed by atoms with Gasteiger partial charge in [-0.25, -0.2) is 4.39 Å². The summed E-state index contributed by atoms with van der Waals surface area (Å²) in [7, 11) is 1.28. The van der Waals surface area contributed by atoms with Gasteiger partial charge in [-0.2, -0.15) is 0 Å². The molecule has 1 aliphatic rings. The average molecular weight is 277 g/mol. The van der Waals surface area contributed by atoms with E-state index in [1.807, 2.05) is 6.92 Å². The first kappa shape index (κ1) is 14.2. The van der Waals surface area contributed by atoms with Crippen LogP contribution >= 0.6 is 0 Å². The zero-order valence-corrected chi connectivity index (χ0v) is 11.4. The number of nitrogens with one attached hydrogen (secondary N) is 1. The molecule has 0 fully saturated rings. The minimum Gasteiger partial charge on any atom is -0.468 e. The van der Waals surface area contributed by atoms with Gasteiger partial charge in [0.25, 0.3) is 0 Å². The molecule has 5 heteroatoms. The largest absolute Gasteiger partial charge is 0.468 e. The SMILES string of the molecule is COC(=O)[C@@H]1C(=O)C=C(Nc2ccc(F)cc2)C[C@H]1C. The van der Waals surface area contributed by atoms with Gasteiger partial charge in [-0.3, -0.25) is 9.59 Å². The van der Waals surface area contributed by atoms with Gasteiger partial charge in [0.15, 0.2) is 5.78 Å². The lowest BCUT2D eigenvalue weighted by Crippen LogP contribution is -2.34. The molecule has 0 unspecified atom stereocenters. The van der Waals surface area contributed by atoms with Crippen molar-refractivity contribution in [3.63, 3.8) is 0 Å². The number of allylic oxidation sites excluding steroid dienone is 2. The molecule has 0 bridgehead atoms. The third-order valence-corrected chi connectivity index (χ3v) is 3.34. The fourth-order valence-electron chi connectivity index (χ4n) is 2.35. The number of halogens is 1. The molecular formula is C15H16FNO3. The first-order chi connectivity index (χ1) is 9.51. The molecule has 0 amide bonds. The highest BCUT2D eigenvalue weighted by Gasteiger charge is 2.35. The fourth-order valence-corrected chi connectivity index (χ4v) is 2.35. The normalized spacial score (nSPS) is 22.1. The number of carbonyl (C=O) groups excluding carboxylic acids is 2. The number of benzene rings is 1. The van der Waals surface area contributed by atoms with Crippen molar-refractivity contribution in [1.82, 2.24) is 0 Å². The number of carbonyl (C=O) groups is 2. The first-order valence-corrected chi connectivity index (χ1v) is 6.36. The molecular weight excluding hydrogens is 261 g/mol. The standard InChI is InChI=1S/C15H16FNO3/c1-9-7-12(8-13(18)14(9)15(19)20-2)17-11-5-3-10(16)4-6-11/h3-6,8-9,14,17H,7H2,1-2H3/t9-,14+/m1/s1. The number of ketones is 1. The summed E-state index contributed by atoms with van der Waals surface area (Å²) in [4.78, 5) is 23.5. The molecule has 106 valence electrons. The number of esters is 1. The Morgan fingerprint density at radius 3 is 2.55 bits per heavy atom. The van der Waals surface area contributed by atoms with Crippen LogP contribution in [0.5, 0.6) is 0 Å². The molecule has 2 atom stereocenters. The number of methoxy groups -OCH3 is 1. The quantitative estimate of drug-likeness (QED) is 0.681. The van der Waals surface area contributed by atoms with Gasteiger partial charge in [0, 0.05) is 17.5 Å². The van der Waals surface area contributed by atoms with Crippen molar-refractivity contribution in [2.45, 2.75) is 13.3 Å². The molecule has 0 saturated carbocycles. The van der Waals surface area contributed by atoms with E-state index in [2.05, 4.69) is 10.1 Å². The topological polar surface area (TPSA) is 55.4 Å². The maximum absolute atomic E-state index is 12.8. The molecule has 1 N–H and O–H groups in total. The van der Waals surface area contributed by atoms with Gasteiger partial charge in [0.1, 0.15) is 11.7 Å². The monoisotopic (exact) mass is 277 g/mol. The van der Waals surface area contributed by atoms with Crippen molar-refractivity contribution in [3.05, 3.63) is 41.9 Å². The van der Waals surface area contributed by atoms with E-state index in [-0.39, 0.29) is 17.5 Å². The van der Waals surface area contributed by atoms with E-state index in [9.17, 15) is 14.0 Å². The summed E-state index contributed by atoms with van der Waals surface area (Å²) >= 11 is 0. The predicted octanol–water partition coefficient (Wildman–Crippen LogP) is 2.52. The third kappa shape index (κ3) is 3.04. The van der Waals surface area contributed by atoms with Crippen molar-refractivity contribution < 1.29 is 18.7 Å². The molecule has 0 heterocycles. The molecule has 0 aromatic heterocycles. The summed E-state index contributed by atoms with van der Waals surface area (Å²) in [5.41, 5.74) is 1.42. The number of hydrogen-bond acceptors (Lipinski definition) is 4. The summed E-state index contributed by atoms with van der Waals surface area (Å²) in [5.74, 6) is -1.95. The minimum atomic E-state index is -0.737. The molecule has 1 aliphatic carbocycles. The Kier molecular flexibility index (Phi) is 4.17. The molecule has 1 aromatic rings. The van der Waals surface area contributed by atoms with Gasteiger partial charge in [0.05, 0.1) is 7.11 Å². The Balaban J connectivity index is 2.13. The number of rotatable bonds is 3. The second-order valence-electron chi connectivity index (χ2n) is 4.89. The van der Waals surface area contributed by atoms with Crippen LogP contribution in [-0.4, -0.2) is 18.9 Å². The molecule has 2 rings (SSSR count). The smallest absolute Gasteiger partial charge is 0.316 e. The van der Waals surface area contributed by atoms with E-state index < -0.39 is 11.9 Å². The highest BCUT2D eigenvalue weighted by Crippen LogP contribution is 2.28. The van der Waals surface area contributed by atoms with Gasteiger partial charge in [0.2, 0.25) is 0 Å². The van der Waals surface area contributed by atoms with Crippen molar-refractivity contribution in [1.29, 1.82) is 0 Å². The Bertz CT molecular complexity index is 551. The highest BCUT2D eigenvalue weighted by atomic mass is 19.1. The average Bonchev–Trinajstić information content (AvgIpc) is 2.40. The molecule has 0 spiro atoms. The Labute approximate surface area is 116 Å². The molecule has 0 saturated heterocycles. The number of ether oxygens (including phenoxy) is 1. The van der Waals surface area contributed by atoms with Crippen molar-refractivity contribution in [2.24, 2.45) is 11.8 Å². The minimum absolute atomic E-state index is 0.136.